The third-order valence-electron chi connectivity index (χ3n) is 3.02. The molecule has 0 saturated heterocycles. The van der Waals surface area contributed by atoms with Crippen LogP contribution in [0.3, 0.4) is 0 Å². The van der Waals surface area contributed by atoms with Gasteiger partial charge in [0, 0.05) is 10.0 Å². The van der Waals surface area contributed by atoms with Crippen LogP contribution in [-0.2, 0) is 4.79 Å². The van der Waals surface area contributed by atoms with Crippen LogP contribution in [0.1, 0.15) is 16.7 Å². The van der Waals surface area contributed by atoms with E-state index in [1.807, 2.05) is 32.0 Å². The molecule has 0 spiro atoms. The van der Waals surface area contributed by atoms with Crippen molar-refractivity contribution in [3.8, 4) is 11.5 Å². The molecule has 0 radical (unpaired) electrons. The number of carbonyl (C=O) groups is 1. The van der Waals surface area contributed by atoms with Gasteiger partial charge in [-0.15, -0.1) is 0 Å². The maximum absolute atomic E-state index is 11.8. The Hall–Kier alpha value is -1.86. The first-order valence-electron chi connectivity index (χ1n) is 7.06. The van der Waals surface area contributed by atoms with Crippen molar-refractivity contribution in [2.24, 2.45) is 5.10 Å². The van der Waals surface area contributed by atoms with E-state index in [-0.39, 0.29) is 18.3 Å². The SMILES string of the molecule is Cc1cc(C)cc(OCC(=O)N/N=C/c2cc(O)c(Br)cc2Br)c1. The van der Waals surface area contributed by atoms with Crippen molar-refractivity contribution in [3.05, 3.63) is 56.0 Å². The number of carbonyl (C=O) groups excluding carboxylic acids is 1. The number of amides is 1. The fraction of sp³-hybridized carbons (Fsp3) is 0.176. The third kappa shape index (κ3) is 5.35. The van der Waals surface area contributed by atoms with Gasteiger partial charge < -0.3 is 9.84 Å². The van der Waals surface area contributed by atoms with Gasteiger partial charge in [-0.3, -0.25) is 4.79 Å². The molecule has 5 nitrogen and oxygen atoms in total. The van der Waals surface area contributed by atoms with E-state index in [1.54, 1.807) is 6.07 Å². The van der Waals surface area contributed by atoms with Crippen LogP contribution in [-0.4, -0.2) is 23.8 Å². The van der Waals surface area contributed by atoms with Crippen molar-refractivity contribution >= 4 is 44.0 Å². The van der Waals surface area contributed by atoms with Crippen LogP contribution in [0.2, 0.25) is 0 Å². The molecule has 2 aromatic rings. The fourth-order valence-electron chi connectivity index (χ4n) is 2.02. The van der Waals surface area contributed by atoms with Crippen LogP contribution < -0.4 is 10.2 Å². The Labute approximate surface area is 157 Å². The van der Waals surface area contributed by atoms with E-state index >= 15 is 0 Å². The molecule has 0 aliphatic carbocycles. The number of phenols is 1. The summed E-state index contributed by atoms with van der Waals surface area (Å²) in [4.78, 5) is 11.8. The zero-order chi connectivity index (χ0) is 17.7. The number of ether oxygens (including phenoxy) is 1. The maximum Gasteiger partial charge on any atom is 0.277 e. The molecule has 2 N–H and O–H groups in total. The summed E-state index contributed by atoms with van der Waals surface area (Å²) in [6.07, 6.45) is 1.44. The number of aromatic hydroxyl groups is 1. The van der Waals surface area contributed by atoms with Gasteiger partial charge in [0.25, 0.3) is 5.91 Å². The lowest BCUT2D eigenvalue weighted by Crippen LogP contribution is -2.24. The number of phenolic OH excluding ortho intramolecular Hbond substituents is 1. The van der Waals surface area contributed by atoms with Crippen molar-refractivity contribution < 1.29 is 14.6 Å². The molecular formula is C17H16Br2N2O3. The van der Waals surface area contributed by atoms with Crippen LogP contribution in [0.25, 0.3) is 0 Å². The molecule has 0 aliphatic heterocycles. The minimum Gasteiger partial charge on any atom is -0.507 e. The smallest absolute Gasteiger partial charge is 0.277 e. The Morgan fingerprint density at radius 3 is 2.50 bits per heavy atom. The summed E-state index contributed by atoms with van der Waals surface area (Å²) in [7, 11) is 0. The molecular weight excluding hydrogens is 440 g/mol. The van der Waals surface area contributed by atoms with Gasteiger partial charge in [-0.1, -0.05) is 22.0 Å². The number of hydrazone groups is 1. The van der Waals surface area contributed by atoms with Gasteiger partial charge in [-0.2, -0.15) is 5.10 Å². The zero-order valence-electron chi connectivity index (χ0n) is 13.1. The molecule has 0 unspecified atom stereocenters. The standard InChI is InChI=1S/C17H16Br2N2O3/c1-10-3-11(2)5-13(4-10)24-9-17(23)21-20-8-12-6-16(22)15(19)7-14(12)18/h3-8,22H,9H2,1-2H3,(H,21,23)/b20-8+. The summed E-state index contributed by atoms with van der Waals surface area (Å²) >= 11 is 6.57. The third-order valence-corrected chi connectivity index (χ3v) is 4.35. The summed E-state index contributed by atoms with van der Waals surface area (Å²) < 4.78 is 6.75. The zero-order valence-corrected chi connectivity index (χ0v) is 16.3. The van der Waals surface area contributed by atoms with Gasteiger partial charge in [-0.05, 0) is 65.2 Å². The minimum absolute atomic E-state index is 0.0872. The highest BCUT2D eigenvalue weighted by atomic mass is 79.9. The monoisotopic (exact) mass is 454 g/mol. The second-order valence-corrected chi connectivity index (χ2v) is 6.94. The lowest BCUT2D eigenvalue weighted by Gasteiger charge is -2.07. The Morgan fingerprint density at radius 2 is 1.83 bits per heavy atom. The number of rotatable bonds is 5. The molecule has 0 saturated carbocycles. The first-order valence-corrected chi connectivity index (χ1v) is 8.65. The highest BCUT2D eigenvalue weighted by Gasteiger charge is 2.05. The average molecular weight is 456 g/mol. The summed E-state index contributed by atoms with van der Waals surface area (Å²) in [5, 5.41) is 13.5. The second kappa shape index (κ2) is 8.30. The van der Waals surface area contributed by atoms with Crippen LogP contribution in [0.5, 0.6) is 11.5 Å². The van der Waals surface area contributed by atoms with E-state index in [0.29, 0.717) is 15.8 Å². The Balaban J connectivity index is 1.90. The number of hydrogen-bond donors (Lipinski definition) is 2. The normalized spacial score (nSPS) is 10.8. The predicted molar refractivity (Wildman–Crippen MR) is 101 cm³/mol. The molecule has 0 fully saturated rings. The molecule has 2 rings (SSSR count). The molecule has 0 heterocycles. The number of hydrogen-bond acceptors (Lipinski definition) is 4. The van der Waals surface area contributed by atoms with Gasteiger partial charge in [0.15, 0.2) is 6.61 Å². The van der Waals surface area contributed by atoms with Gasteiger partial charge in [0.2, 0.25) is 0 Å². The number of nitrogens with one attached hydrogen (secondary N) is 1. The molecule has 7 heteroatoms. The van der Waals surface area contributed by atoms with E-state index in [4.69, 9.17) is 4.74 Å². The van der Waals surface area contributed by atoms with E-state index in [2.05, 4.69) is 42.4 Å². The van der Waals surface area contributed by atoms with E-state index < -0.39 is 0 Å². The maximum atomic E-state index is 11.8. The lowest BCUT2D eigenvalue weighted by atomic mass is 10.1. The predicted octanol–water partition coefficient (Wildman–Crippen LogP) is 4.06. The summed E-state index contributed by atoms with van der Waals surface area (Å²) in [5.74, 6) is 0.360. The van der Waals surface area contributed by atoms with E-state index in [9.17, 15) is 9.90 Å². The van der Waals surface area contributed by atoms with Crippen molar-refractivity contribution in [1.82, 2.24) is 5.43 Å². The average Bonchev–Trinajstić information content (AvgIpc) is 2.49. The van der Waals surface area contributed by atoms with Crippen LogP contribution in [0.4, 0.5) is 0 Å². The first-order chi connectivity index (χ1) is 11.3. The Morgan fingerprint density at radius 1 is 1.17 bits per heavy atom. The van der Waals surface area contributed by atoms with Gasteiger partial charge >= 0.3 is 0 Å². The van der Waals surface area contributed by atoms with Gasteiger partial charge in [0.05, 0.1) is 10.7 Å². The Bertz CT molecular complexity index is 771. The highest BCUT2D eigenvalue weighted by molar-refractivity contribution is 9.11. The molecule has 0 bridgehead atoms. The number of halogens is 2. The van der Waals surface area contributed by atoms with Gasteiger partial charge in [0.1, 0.15) is 11.5 Å². The first kappa shape index (κ1) is 18.5. The fourth-order valence-corrected chi connectivity index (χ4v) is 3.12. The van der Waals surface area contributed by atoms with Crippen molar-refractivity contribution in [3.63, 3.8) is 0 Å². The molecule has 0 aliphatic rings. The van der Waals surface area contributed by atoms with E-state index in [1.165, 1.54) is 12.3 Å². The largest absolute Gasteiger partial charge is 0.507 e. The topological polar surface area (TPSA) is 70.9 Å². The minimum atomic E-state index is -0.372. The van der Waals surface area contributed by atoms with Gasteiger partial charge in [-0.25, -0.2) is 5.43 Å². The van der Waals surface area contributed by atoms with Crippen molar-refractivity contribution in [2.75, 3.05) is 6.61 Å². The van der Waals surface area contributed by atoms with Crippen LogP contribution in [0.15, 0.2) is 44.4 Å². The van der Waals surface area contributed by atoms with Crippen LogP contribution >= 0.6 is 31.9 Å². The molecule has 0 aromatic heterocycles. The highest BCUT2D eigenvalue weighted by Crippen LogP contribution is 2.29. The number of benzene rings is 2. The molecule has 126 valence electrons. The molecule has 1 amide bonds. The number of aryl methyl sites for hydroxylation is 2. The van der Waals surface area contributed by atoms with Crippen molar-refractivity contribution in [1.29, 1.82) is 0 Å². The van der Waals surface area contributed by atoms with Crippen molar-refractivity contribution in [2.45, 2.75) is 13.8 Å². The molecule has 24 heavy (non-hydrogen) atoms. The second-order valence-electron chi connectivity index (χ2n) is 5.23. The lowest BCUT2D eigenvalue weighted by molar-refractivity contribution is -0.123. The molecule has 2 aromatic carbocycles. The molecule has 0 atom stereocenters. The summed E-state index contributed by atoms with van der Waals surface area (Å²) in [6.45, 7) is 3.80. The summed E-state index contributed by atoms with van der Waals surface area (Å²) in [5.41, 5.74) is 5.16. The van der Waals surface area contributed by atoms with E-state index in [0.717, 1.165) is 15.6 Å². The number of nitrogens with zero attached hydrogens (tertiary/aromatic N) is 1. The quantitative estimate of drug-likeness (QED) is 0.527. The Kier molecular flexibility index (Phi) is 6.39. The van der Waals surface area contributed by atoms with Crippen LogP contribution in [0, 0.1) is 13.8 Å². The summed E-state index contributed by atoms with van der Waals surface area (Å²) in [6, 6.07) is 8.98.